The second kappa shape index (κ2) is 6.81. The van der Waals surface area contributed by atoms with Crippen molar-refractivity contribution in [3.63, 3.8) is 0 Å². The summed E-state index contributed by atoms with van der Waals surface area (Å²) in [4.78, 5) is 12.8. The molecular weight excluding hydrogens is 402 g/mol. The average molecular weight is 430 g/mol. The Kier molecular flexibility index (Phi) is 4.44. The van der Waals surface area contributed by atoms with Gasteiger partial charge in [0.1, 0.15) is 4.90 Å². The molecule has 5 rings (SSSR count). The van der Waals surface area contributed by atoms with Crippen LogP contribution < -0.4 is 15.4 Å². The van der Waals surface area contributed by atoms with E-state index in [0.717, 1.165) is 55.3 Å². The summed E-state index contributed by atoms with van der Waals surface area (Å²) in [5.41, 5.74) is 6.12. The summed E-state index contributed by atoms with van der Waals surface area (Å²) in [6.45, 7) is 5.01. The van der Waals surface area contributed by atoms with E-state index in [0.29, 0.717) is 18.8 Å². The summed E-state index contributed by atoms with van der Waals surface area (Å²) in [5, 5.41) is 10.4. The number of amides is 2. The number of fused-ring (bicyclic) bond motifs is 3. The Hall–Kier alpha value is -2.39. The van der Waals surface area contributed by atoms with Crippen LogP contribution in [0, 0.1) is 0 Å². The molecule has 1 aromatic heterocycles. The Bertz CT molecular complexity index is 1120. The Labute approximate surface area is 176 Å². The smallest absolute Gasteiger partial charge is 0.307 e. The van der Waals surface area contributed by atoms with E-state index in [1.165, 1.54) is 17.3 Å². The lowest BCUT2D eigenvalue weighted by molar-refractivity contribution is 0.256. The lowest BCUT2D eigenvalue weighted by Gasteiger charge is -2.32. The molecule has 0 saturated heterocycles. The molecule has 2 aliphatic carbocycles. The van der Waals surface area contributed by atoms with Gasteiger partial charge in [0.2, 0.25) is 0 Å². The molecule has 30 heavy (non-hydrogen) atoms. The van der Waals surface area contributed by atoms with Gasteiger partial charge in [0.25, 0.3) is 10.0 Å². The zero-order valence-corrected chi connectivity index (χ0v) is 18.2. The normalized spacial score (nSPS) is 19.1. The number of hydrogen-bond acceptors (Lipinski definition) is 5. The first-order valence-electron chi connectivity index (χ1n) is 10.5. The minimum atomic E-state index is -4.03. The number of hydrogen-bond donors (Lipinski definition) is 3. The molecule has 2 aromatic rings. The Morgan fingerprint density at radius 2 is 1.80 bits per heavy atom. The van der Waals surface area contributed by atoms with E-state index in [1.807, 2.05) is 13.8 Å². The predicted molar refractivity (Wildman–Crippen MR) is 113 cm³/mol. The lowest BCUT2D eigenvalue weighted by atomic mass is 9.99. The lowest BCUT2D eigenvalue weighted by Crippen LogP contribution is -2.48. The van der Waals surface area contributed by atoms with Crippen LogP contribution >= 0.6 is 0 Å². The van der Waals surface area contributed by atoms with E-state index < -0.39 is 16.1 Å². The summed E-state index contributed by atoms with van der Waals surface area (Å²) in [5.74, 6) is 0. The number of sulfonamides is 1. The molecule has 0 atom stereocenters. The van der Waals surface area contributed by atoms with Gasteiger partial charge >= 0.3 is 6.03 Å². The van der Waals surface area contributed by atoms with Gasteiger partial charge in [-0.05, 0) is 74.6 Å². The summed E-state index contributed by atoms with van der Waals surface area (Å²) < 4.78 is 29.8. The number of aryl methyl sites for hydroxylation is 2. The molecule has 0 bridgehead atoms. The molecule has 0 unspecified atom stereocenters. The molecule has 8 nitrogen and oxygen atoms in total. The largest absolute Gasteiger partial charge is 0.333 e. The van der Waals surface area contributed by atoms with Gasteiger partial charge in [0.05, 0.1) is 18.4 Å². The molecule has 3 N–H and O–H groups in total. The highest BCUT2D eigenvalue weighted by molar-refractivity contribution is 7.90. The van der Waals surface area contributed by atoms with Gasteiger partial charge in [-0.1, -0.05) is 6.07 Å². The van der Waals surface area contributed by atoms with E-state index in [-0.39, 0.29) is 10.4 Å². The van der Waals surface area contributed by atoms with Crippen LogP contribution in [0.15, 0.2) is 17.2 Å². The van der Waals surface area contributed by atoms with Crippen molar-refractivity contribution < 1.29 is 13.2 Å². The van der Waals surface area contributed by atoms with Crippen LogP contribution in [-0.4, -0.2) is 29.8 Å². The third kappa shape index (κ3) is 3.30. The summed E-state index contributed by atoms with van der Waals surface area (Å²) in [6, 6.07) is 1.56. The van der Waals surface area contributed by atoms with E-state index in [2.05, 4.69) is 26.5 Å². The number of carbonyl (C=O) groups excluding carboxylic acids is 1. The number of nitrogens with zero attached hydrogens (tertiary/aromatic N) is 2. The molecule has 2 amide bonds. The molecule has 9 heteroatoms. The molecule has 3 aliphatic rings. The van der Waals surface area contributed by atoms with Crippen LogP contribution in [0.2, 0.25) is 0 Å². The highest BCUT2D eigenvalue weighted by atomic mass is 32.2. The number of nitrogens with one attached hydrogen (secondary N) is 3. The van der Waals surface area contributed by atoms with Crippen molar-refractivity contribution in [2.75, 3.05) is 5.32 Å². The summed E-state index contributed by atoms with van der Waals surface area (Å²) in [6.07, 6.45) is 7.34. The first-order chi connectivity index (χ1) is 14.2. The summed E-state index contributed by atoms with van der Waals surface area (Å²) >= 11 is 0. The van der Waals surface area contributed by atoms with E-state index in [1.54, 1.807) is 4.68 Å². The van der Waals surface area contributed by atoms with Gasteiger partial charge in [-0.2, -0.15) is 5.10 Å². The number of carbonyl (C=O) groups is 1. The molecule has 0 radical (unpaired) electrons. The predicted octanol–water partition coefficient (Wildman–Crippen LogP) is 2.25. The van der Waals surface area contributed by atoms with Crippen molar-refractivity contribution >= 4 is 21.7 Å². The first kappa shape index (κ1) is 19.6. The standard InChI is InChI=1S/C21H27N5O3S/c1-21(2)12-26-17(10-22-21)18(11-23-26)30(28,29)25-20(27)24-19-15-7-3-5-13(15)9-14-6-4-8-16(14)19/h9,11,22H,3-8,10,12H2,1-2H3,(H2,24,25,27). The maximum absolute atomic E-state index is 12.9. The molecule has 0 saturated carbocycles. The molecule has 1 aliphatic heterocycles. The van der Waals surface area contributed by atoms with Crippen molar-refractivity contribution in [1.29, 1.82) is 0 Å². The van der Waals surface area contributed by atoms with Gasteiger partial charge in [0, 0.05) is 17.8 Å². The number of aromatic nitrogens is 2. The number of anilines is 1. The Balaban J connectivity index is 1.39. The fourth-order valence-electron chi connectivity index (χ4n) is 4.97. The molecule has 2 heterocycles. The van der Waals surface area contributed by atoms with Gasteiger partial charge < -0.3 is 10.6 Å². The van der Waals surface area contributed by atoms with E-state index in [4.69, 9.17) is 0 Å². The van der Waals surface area contributed by atoms with Gasteiger partial charge in [-0.15, -0.1) is 0 Å². The van der Waals surface area contributed by atoms with Crippen LogP contribution in [0.4, 0.5) is 10.5 Å². The van der Waals surface area contributed by atoms with Crippen LogP contribution in [0.1, 0.15) is 54.6 Å². The zero-order valence-electron chi connectivity index (χ0n) is 17.3. The van der Waals surface area contributed by atoms with Gasteiger partial charge in [0.15, 0.2) is 0 Å². The number of rotatable bonds is 3. The monoisotopic (exact) mass is 429 g/mol. The fraction of sp³-hybridized carbons (Fsp3) is 0.524. The first-order valence-corrected chi connectivity index (χ1v) is 12.0. The fourth-order valence-corrected chi connectivity index (χ4v) is 6.05. The Morgan fingerprint density at radius 1 is 1.13 bits per heavy atom. The van der Waals surface area contributed by atoms with E-state index in [9.17, 15) is 13.2 Å². The Morgan fingerprint density at radius 3 is 2.47 bits per heavy atom. The van der Waals surface area contributed by atoms with Crippen LogP contribution in [0.3, 0.4) is 0 Å². The molecule has 160 valence electrons. The maximum Gasteiger partial charge on any atom is 0.333 e. The molecular formula is C21H27N5O3S. The molecule has 0 spiro atoms. The zero-order chi connectivity index (χ0) is 21.1. The molecule has 0 fully saturated rings. The highest BCUT2D eigenvalue weighted by Gasteiger charge is 2.32. The summed E-state index contributed by atoms with van der Waals surface area (Å²) in [7, 11) is -4.03. The maximum atomic E-state index is 12.9. The second-order valence-electron chi connectivity index (χ2n) is 9.14. The molecule has 1 aromatic carbocycles. The third-order valence-electron chi connectivity index (χ3n) is 6.42. The quantitative estimate of drug-likeness (QED) is 0.694. The van der Waals surface area contributed by atoms with Crippen LogP contribution in [0.5, 0.6) is 0 Å². The van der Waals surface area contributed by atoms with Crippen LogP contribution in [0.25, 0.3) is 0 Å². The number of urea groups is 1. The SMILES string of the molecule is CC1(C)Cn2ncc(S(=O)(=O)NC(=O)Nc3c4c(cc5c3CCC5)CCC4)c2CN1. The van der Waals surface area contributed by atoms with Crippen molar-refractivity contribution in [1.82, 2.24) is 19.8 Å². The van der Waals surface area contributed by atoms with Crippen LogP contribution in [-0.2, 0) is 48.8 Å². The second-order valence-corrected chi connectivity index (χ2v) is 10.8. The third-order valence-corrected chi connectivity index (χ3v) is 7.79. The minimum Gasteiger partial charge on any atom is -0.307 e. The highest BCUT2D eigenvalue weighted by Crippen LogP contribution is 2.38. The van der Waals surface area contributed by atoms with Crippen molar-refractivity contribution in [2.45, 2.75) is 75.9 Å². The van der Waals surface area contributed by atoms with E-state index >= 15 is 0 Å². The van der Waals surface area contributed by atoms with Crippen molar-refractivity contribution in [3.05, 3.63) is 40.2 Å². The van der Waals surface area contributed by atoms with Crippen molar-refractivity contribution in [3.8, 4) is 0 Å². The van der Waals surface area contributed by atoms with Gasteiger partial charge in [-0.25, -0.2) is 17.9 Å². The minimum absolute atomic E-state index is 0.0455. The topological polar surface area (TPSA) is 105 Å². The average Bonchev–Trinajstić information content (AvgIpc) is 3.38. The van der Waals surface area contributed by atoms with Gasteiger partial charge in [-0.3, -0.25) is 4.68 Å². The van der Waals surface area contributed by atoms with Crippen molar-refractivity contribution in [2.24, 2.45) is 0 Å². The number of benzene rings is 1.